The molecule has 0 aliphatic heterocycles. The molecule has 1 saturated carbocycles. The van der Waals surface area contributed by atoms with Gasteiger partial charge in [-0.25, -0.2) is 0 Å². The molecular weight excluding hydrogens is 286 g/mol. The largest absolute Gasteiger partial charge is 0.381 e. The Labute approximate surface area is 111 Å². The van der Waals surface area contributed by atoms with Gasteiger partial charge in [-0.2, -0.15) is 0 Å². The number of hydrogen-bond donors (Lipinski definition) is 1. The Morgan fingerprint density at radius 3 is 2.75 bits per heavy atom. The smallest absolute Gasteiger partial charge is 0.0487 e. The highest BCUT2D eigenvalue weighted by molar-refractivity contribution is 9.10. The highest BCUT2D eigenvalue weighted by atomic mass is 79.9. The van der Waals surface area contributed by atoms with Crippen molar-refractivity contribution < 1.29 is 0 Å². The van der Waals surface area contributed by atoms with Gasteiger partial charge >= 0.3 is 0 Å². The van der Waals surface area contributed by atoms with E-state index in [1.165, 1.54) is 19.3 Å². The predicted octanol–water partition coefficient (Wildman–Crippen LogP) is 5.09. The molecule has 1 aliphatic carbocycles. The molecule has 0 bridgehead atoms. The summed E-state index contributed by atoms with van der Waals surface area (Å²) in [6.07, 6.45) is 3.79. The molecule has 1 fully saturated rings. The summed E-state index contributed by atoms with van der Waals surface area (Å²) in [6.45, 7) is 4.68. The van der Waals surface area contributed by atoms with Gasteiger partial charge in [0.15, 0.2) is 0 Å². The van der Waals surface area contributed by atoms with Gasteiger partial charge < -0.3 is 5.32 Å². The van der Waals surface area contributed by atoms with E-state index in [4.69, 9.17) is 11.6 Å². The number of anilines is 1. The third kappa shape index (κ3) is 2.92. The molecule has 2 rings (SSSR count). The Morgan fingerprint density at radius 2 is 2.19 bits per heavy atom. The van der Waals surface area contributed by atoms with E-state index in [0.29, 0.717) is 11.5 Å². The van der Waals surface area contributed by atoms with Crippen molar-refractivity contribution in [1.29, 1.82) is 0 Å². The number of rotatable bonds is 2. The summed E-state index contributed by atoms with van der Waals surface area (Å²) in [5.41, 5.74) is 1.63. The predicted molar refractivity (Wildman–Crippen MR) is 74.2 cm³/mol. The summed E-state index contributed by atoms with van der Waals surface area (Å²) in [6, 6.07) is 6.49. The van der Waals surface area contributed by atoms with Gasteiger partial charge in [-0.15, -0.1) is 0 Å². The van der Waals surface area contributed by atoms with E-state index < -0.39 is 0 Å². The van der Waals surface area contributed by atoms with Crippen LogP contribution >= 0.6 is 27.5 Å². The van der Waals surface area contributed by atoms with Gasteiger partial charge in [0.2, 0.25) is 0 Å². The van der Waals surface area contributed by atoms with Gasteiger partial charge in [0.05, 0.1) is 0 Å². The maximum absolute atomic E-state index is 5.92. The maximum Gasteiger partial charge on any atom is 0.0487 e. The minimum Gasteiger partial charge on any atom is -0.381 e. The van der Waals surface area contributed by atoms with E-state index in [9.17, 15) is 0 Å². The summed E-state index contributed by atoms with van der Waals surface area (Å²) >= 11 is 9.46. The Bertz CT molecular complexity index is 390. The van der Waals surface area contributed by atoms with Crippen LogP contribution in [-0.2, 0) is 0 Å². The molecule has 0 aromatic heterocycles. The fourth-order valence-corrected chi connectivity index (χ4v) is 3.18. The topological polar surface area (TPSA) is 12.0 Å². The highest BCUT2D eigenvalue weighted by Gasteiger charge is 2.30. The minimum absolute atomic E-state index is 0.483. The Morgan fingerprint density at radius 1 is 1.44 bits per heavy atom. The molecule has 1 nitrogen and oxygen atoms in total. The first-order chi connectivity index (χ1) is 7.46. The van der Waals surface area contributed by atoms with Crippen molar-refractivity contribution in [3.05, 3.63) is 27.7 Å². The summed E-state index contributed by atoms with van der Waals surface area (Å²) < 4.78 is 1.05. The van der Waals surface area contributed by atoms with E-state index in [1.54, 1.807) is 0 Å². The van der Waals surface area contributed by atoms with Crippen LogP contribution in [0.5, 0.6) is 0 Å². The molecule has 3 heteroatoms. The first kappa shape index (κ1) is 12.3. The molecule has 16 heavy (non-hydrogen) atoms. The van der Waals surface area contributed by atoms with Crippen LogP contribution in [0.1, 0.15) is 33.1 Å². The van der Waals surface area contributed by atoms with Crippen LogP contribution in [-0.4, -0.2) is 6.04 Å². The van der Waals surface area contributed by atoms with Crippen LogP contribution in [0, 0.1) is 5.41 Å². The van der Waals surface area contributed by atoms with Crippen molar-refractivity contribution in [2.75, 3.05) is 5.32 Å². The molecular formula is C13H17BrClN. The zero-order valence-corrected chi connectivity index (χ0v) is 12.0. The van der Waals surface area contributed by atoms with Gasteiger partial charge in [-0.3, -0.25) is 0 Å². The quantitative estimate of drug-likeness (QED) is 0.802. The van der Waals surface area contributed by atoms with E-state index in [0.717, 1.165) is 15.2 Å². The molecule has 1 aromatic rings. The molecule has 0 amide bonds. The monoisotopic (exact) mass is 301 g/mol. The highest BCUT2D eigenvalue weighted by Crippen LogP contribution is 2.39. The Hall–Kier alpha value is -0.210. The first-order valence-electron chi connectivity index (χ1n) is 5.68. The first-order valence-corrected chi connectivity index (χ1v) is 6.85. The van der Waals surface area contributed by atoms with E-state index in [1.807, 2.05) is 18.2 Å². The van der Waals surface area contributed by atoms with Crippen LogP contribution in [0.4, 0.5) is 5.69 Å². The Balaban J connectivity index is 2.05. The molecule has 0 saturated heterocycles. The molecule has 1 unspecified atom stereocenters. The fourth-order valence-electron chi connectivity index (χ4n) is 2.39. The molecule has 1 aromatic carbocycles. The van der Waals surface area contributed by atoms with Gasteiger partial charge in [-0.05, 0) is 58.8 Å². The molecule has 1 atom stereocenters. The van der Waals surface area contributed by atoms with Crippen LogP contribution in [0.2, 0.25) is 5.02 Å². The third-order valence-electron chi connectivity index (χ3n) is 3.26. The lowest BCUT2D eigenvalue weighted by Gasteiger charge is -2.19. The second-order valence-corrected chi connectivity index (χ2v) is 6.66. The summed E-state index contributed by atoms with van der Waals surface area (Å²) in [4.78, 5) is 0. The van der Waals surface area contributed by atoms with Gasteiger partial charge in [0.25, 0.3) is 0 Å². The Kier molecular flexibility index (Phi) is 3.50. The lowest BCUT2D eigenvalue weighted by atomic mass is 9.92. The van der Waals surface area contributed by atoms with Crippen LogP contribution in [0.3, 0.4) is 0 Å². The number of benzene rings is 1. The van der Waals surface area contributed by atoms with Gasteiger partial charge in [-0.1, -0.05) is 25.4 Å². The second kappa shape index (κ2) is 4.58. The lowest BCUT2D eigenvalue weighted by molar-refractivity contribution is 0.378. The van der Waals surface area contributed by atoms with E-state index in [2.05, 4.69) is 35.1 Å². The fraction of sp³-hybridized carbons (Fsp3) is 0.538. The van der Waals surface area contributed by atoms with Crippen LogP contribution in [0.25, 0.3) is 0 Å². The van der Waals surface area contributed by atoms with Gasteiger partial charge in [0.1, 0.15) is 0 Å². The molecule has 88 valence electrons. The van der Waals surface area contributed by atoms with Crippen molar-refractivity contribution in [2.45, 2.75) is 39.2 Å². The summed E-state index contributed by atoms with van der Waals surface area (Å²) in [7, 11) is 0. The second-order valence-electron chi connectivity index (χ2n) is 5.37. The van der Waals surface area contributed by atoms with Crippen molar-refractivity contribution in [2.24, 2.45) is 5.41 Å². The molecule has 0 heterocycles. The van der Waals surface area contributed by atoms with Gasteiger partial charge in [0, 0.05) is 21.2 Å². The zero-order chi connectivity index (χ0) is 11.8. The van der Waals surface area contributed by atoms with Crippen LogP contribution < -0.4 is 5.32 Å². The summed E-state index contributed by atoms with van der Waals surface area (Å²) in [5.74, 6) is 0. The minimum atomic E-state index is 0.483. The molecule has 1 aliphatic rings. The van der Waals surface area contributed by atoms with E-state index in [-0.39, 0.29) is 0 Å². The average molecular weight is 303 g/mol. The lowest BCUT2D eigenvalue weighted by Crippen LogP contribution is -2.17. The van der Waals surface area contributed by atoms with Crippen molar-refractivity contribution >= 4 is 33.2 Å². The average Bonchev–Trinajstić information content (AvgIpc) is 2.51. The maximum atomic E-state index is 5.92. The normalized spacial score (nSPS) is 23.4. The third-order valence-corrected chi connectivity index (χ3v) is 4.15. The molecule has 0 spiro atoms. The number of halogens is 2. The number of hydrogen-bond acceptors (Lipinski definition) is 1. The standard InChI is InChI=1S/C13H17BrClN/c1-13(2)6-5-10(8-13)16-12-4-3-9(15)7-11(12)14/h3-4,7,10,16H,5-6,8H2,1-2H3. The number of nitrogens with one attached hydrogen (secondary N) is 1. The van der Waals surface area contributed by atoms with Crippen molar-refractivity contribution in [3.8, 4) is 0 Å². The molecule has 1 N–H and O–H groups in total. The van der Waals surface area contributed by atoms with E-state index >= 15 is 0 Å². The summed E-state index contributed by atoms with van der Waals surface area (Å²) in [5, 5.41) is 4.35. The molecule has 0 radical (unpaired) electrons. The van der Waals surface area contributed by atoms with Crippen molar-refractivity contribution in [3.63, 3.8) is 0 Å². The van der Waals surface area contributed by atoms with Crippen molar-refractivity contribution in [1.82, 2.24) is 0 Å². The van der Waals surface area contributed by atoms with Crippen LogP contribution in [0.15, 0.2) is 22.7 Å². The SMILES string of the molecule is CC1(C)CCC(Nc2ccc(Cl)cc2Br)C1. The zero-order valence-electron chi connectivity index (χ0n) is 9.69.